The van der Waals surface area contributed by atoms with Crippen LogP contribution in [-0.2, 0) is 11.8 Å². The number of anilines is 1. The number of rotatable bonds is 3. The average Bonchev–Trinajstić information content (AvgIpc) is 2.04. The highest BCUT2D eigenvalue weighted by atomic mass is 32.4. The predicted octanol–water partition coefficient (Wildman–Crippen LogP) is 1.30. The molecule has 1 aromatic carbocycles. The Bertz CT molecular complexity index is 335. The van der Waals surface area contributed by atoms with Crippen LogP contribution in [0.2, 0.25) is 0 Å². The standard InChI is InChI=1S/C7H10N3OPS/c8-12(11,13)10-6-9-7-4-2-1-3-5-7/h1-6H,(H4,8,9,10,11,13). The number of nitrogens with one attached hydrogen (secondary N) is 1. The van der Waals surface area contributed by atoms with Crippen molar-refractivity contribution in [2.45, 2.75) is 0 Å². The van der Waals surface area contributed by atoms with E-state index >= 15 is 0 Å². The minimum absolute atomic E-state index is 0.870. The van der Waals surface area contributed by atoms with Gasteiger partial charge in [0.05, 0.1) is 6.34 Å². The first-order chi connectivity index (χ1) is 6.08. The predicted molar refractivity (Wildman–Crippen MR) is 59.2 cm³/mol. The van der Waals surface area contributed by atoms with Crippen LogP contribution in [0.3, 0.4) is 0 Å². The van der Waals surface area contributed by atoms with Crippen LogP contribution in [0.5, 0.6) is 0 Å². The Balaban J connectivity index is 2.54. The van der Waals surface area contributed by atoms with Crippen molar-refractivity contribution in [1.29, 1.82) is 0 Å². The van der Waals surface area contributed by atoms with Gasteiger partial charge >= 0.3 is 0 Å². The highest BCUT2D eigenvalue weighted by Crippen LogP contribution is 2.30. The molecule has 1 rings (SSSR count). The molecular formula is C7H10N3OPS. The molecule has 70 valence electrons. The highest BCUT2D eigenvalue weighted by molar-refractivity contribution is 8.10. The van der Waals surface area contributed by atoms with Crippen molar-refractivity contribution < 1.29 is 4.89 Å². The van der Waals surface area contributed by atoms with E-state index in [1.54, 1.807) is 0 Å². The van der Waals surface area contributed by atoms with E-state index in [2.05, 4.69) is 21.9 Å². The Hall–Kier alpha value is -0.740. The SMILES string of the molecule is NP(O)(=S)/N=C/Nc1ccccc1. The molecule has 13 heavy (non-hydrogen) atoms. The molecule has 0 heterocycles. The quantitative estimate of drug-likeness (QED) is 0.404. The van der Waals surface area contributed by atoms with Gasteiger partial charge in [-0.15, -0.1) is 0 Å². The van der Waals surface area contributed by atoms with E-state index in [0.29, 0.717) is 0 Å². The van der Waals surface area contributed by atoms with Gasteiger partial charge in [0.1, 0.15) is 0 Å². The summed E-state index contributed by atoms with van der Waals surface area (Å²) >= 11 is 4.51. The Morgan fingerprint density at radius 2 is 2.08 bits per heavy atom. The second-order valence-electron chi connectivity index (χ2n) is 2.34. The van der Waals surface area contributed by atoms with Gasteiger partial charge in [0.15, 0.2) is 0 Å². The molecule has 0 fully saturated rings. The molecule has 4 N–H and O–H groups in total. The summed E-state index contributed by atoms with van der Waals surface area (Å²) in [6, 6.07) is 9.40. The zero-order valence-electron chi connectivity index (χ0n) is 6.79. The molecule has 1 atom stereocenters. The molecule has 0 aliphatic rings. The lowest BCUT2D eigenvalue weighted by molar-refractivity contribution is 0.625. The van der Waals surface area contributed by atoms with Crippen molar-refractivity contribution in [3.8, 4) is 0 Å². The molecule has 0 radical (unpaired) electrons. The lowest BCUT2D eigenvalue weighted by atomic mass is 10.3. The summed E-state index contributed by atoms with van der Waals surface area (Å²) in [5.41, 5.74) is 6.01. The second-order valence-corrected chi connectivity index (χ2v) is 5.37. The van der Waals surface area contributed by atoms with Gasteiger partial charge in [0, 0.05) is 5.69 Å². The monoisotopic (exact) mass is 215 g/mol. The largest absolute Gasteiger partial charge is 0.346 e. The molecule has 0 saturated heterocycles. The van der Waals surface area contributed by atoms with Crippen molar-refractivity contribution in [3.05, 3.63) is 30.3 Å². The smallest absolute Gasteiger partial charge is 0.240 e. The van der Waals surface area contributed by atoms with Crippen LogP contribution in [0.25, 0.3) is 0 Å². The van der Waals surface area contributed by atoms with E-state index in [-0.39, 0.29) is 0 Å². The van der Waals surface area contributed by atoms with Crippen molar-refractivity contribution in [3.63, 3.8) is 0 Å². The molecule has 0 aliphatic carbocycles. The molecule has 0 aliphatic heterocycles. The average molecular weight is 215 g/mol. The van der Waals surface area contributed by atoms with Gasteiger partial charge in [0.2, 0.25) is 6.57 Å². The number of nitrogens with two attached hydrogens (primary N) is 1. The van der Waals surface area contributed by atoms with E-state index in [4.69, 9.17) is 10.4 Å². The molecule has 0 saturated carbocycles. The summed E-state index contributed by atoms with van der Waals surface area (Å²) < 4.78 is 3.57. The molecule has 6 heteroatoms. The van der Waals surface area contributed by atoms with Crippen LogP contribution in [0.4, 0.5) is 5.69 Å². The Kier molecular flexibility index (Phi) is 3.57. The lowest BCUT2D eigenvalue weighted by Gasteiger charge is -2.01. The maximum absolute atomic E-state index is 8.96. The minimum atomic E-state index is -2.96. The van der Waals surface area contributed by atoms with E-state index in [1.165, 1.54) is 6.34 Å². The zero-order valence-corrected chi connectivity index (χ0v) is 8.50. The van der Waals surface area contributed by atoms with E-state index in [0.717, 1.165) is 5.69 Å². The summed E-state index contributed by atoms with van der Waals surface area (Å²) in [7, 11) is 0. The third-order valence-corrected chi connectivity index (χ3v) is 1.96. The fourth-order valence-electron chi connectivity index (χ4n) is 0.721. The van der Waals surface area contributed by atoms with Gasteiger partial charge in [-0.25, -0.2) is 4.76 Å². The van der Waals surface area contributed by atoms with Crippen LogP contribution in [0.1, 0.15) is 0 Å². The third-order valence-electron chi connectivity index (χ3n) is 1.23. The first kappa shape index (κ1) is 10.3. The maximum atomic E-state index is 8.96. The summed E-state index contributed by atoms with van der Waals surface area (Å²) in [6.45, 7) is -2.96. The van der Waals surface area contributed by atoms with Gasteiger partial charge in [0.25, 0.3) is 0 Å². The van der Waals surface area contributed by atoms with E-state index in [9.17, 15) is 0 Å². The first-order valence-corrected chi connectivity index (χ1v) is 6.33. The molecular weight excluding hydrogens is 205 g/mol. The second kappa shape index (κ2) is 4.48. The zero-order chi connectivity index (χ0) is 9.73. The number of para-hydroxylation sites is 1. The van der Waals surface area contributed by atoms with Crippen molar-refractivity contribution in [2.75, 3.05) is 5.32 Å². The minimum Gasteiger partial charge on any atom is -0.346 e. The van der Waals surface area contributed by atoms with Crippen molar-refractivity contribution >= 4 is 30.4 Å². The van der Waals surface area contributed by atoms with Gasteiger partial charge in [-0.3, -0.25) is 5.50 Å². The Morgan fingerprint density at radius 1 is 1.46 bits per heavy atom. The summed E-state index contributed by atoms with van der Waals surface area (Å²) in [6.07, 6.45) is 1.32. The van der Waals surface area contributed by atoms with Crippen LogP contribution in [0, 0.1) is 0 Å². The summed E-state index contributed by atoms with van der Waals surface area (Å²) in [4.78, 5) is 8.96. The van der Waals surface area contributed by atoms with Crippen molar-refractivity contribution in [2.24, 2.45) is 10.3 Å². The molecule has 1 unspecified atom stereocenters. The summed E-state index contributed by atoms with van der Waals surface area (Å²) in [5, 5.41) is 2.83. The van der Waals surface area contributed by atoms with Crippen LogP contribution < -0.4 is 10.8 Å². The van der Waals surface area contributed by atoms with Crippen LogP contribution in [-0.4, -0.2) is 11.2 Å². The first-order valence-electron chi connectivity index (χ1n) is 3.55. The van der Waals surface area contributed by atoms with Gasteiger partial charge in [-0.05, 0) is 23.9 Å². The fourth-order valence-corrected chi connectivity index (χ4v) is 1.09. The van der Waals surface area contributed by atoms with E-state index < -0.39 is 6.57 Å². The highest BCUT2D eigenvalue weighted by Gasteiger charge is 1.96. The third kappa shape index (κ3) is 4.75. The normalized spacial score (nSPS) is 15.5. The van der Waals surface area contributed by atoms with Crippen LogP contribution >= 0.6 is 6.57 Å². The number of nitrogens with zero attached hydrogens (tertiary/aromatic N) is 1. The van der Waals surface area contributed by atoms with Gasteiger partial charge < -0.3 is 10.2 Å². The Labute approximate surface area is 81.7 Å². The van der Waals surface area contributed by atoms with Crippen molar-refractivity contribution in [1.82, 2.24) is 0 Å². The molecule has 0 amide bonds. The Morgan fingerprint density at radius 3 is 2.62 bits per heavy atom. The number of hydrogen-bond acceptors (Lipinski definition) is 1. The van der Waals surface area contributed by atoms with Crippen LogP contribution in [0.15, 0.2) is 35.1 Å². The summed E-state index contributed by atoms with van der Waals surface area (Å²) in [5.74, 6) is 0. The number of benzene rings is 1. The lowest BCUT2D eigenvalue weighted by Crippen LogP contribution is -1.96. The van der Waals surface area contributed by atoms with Gasteiger partial charge in [-0.2, -0.15) is 0 Å². The van der Waals surface area contributed by atoms with Gasteiger partial charge in [-0.1, -0.05) is 18.2 Å². The number of hydrogen-bond donors (Lipinski definition) is 3. The molecule has 1 aromatic rings. The topological polar surface area (TPSA) is 70.6 Å². The molecule has 0 bridgehead atoms. The molecule has 0 aromatic heterocycles. The fraction of sp³-hybridized carbons (Fsp3) is 0. The maximum Gasteiger partial charge on any atom is 0.240 e. The molecule has 4 nitrogen and oxygen atoms in total. The van der Waals surface area contributed by atoms with E-state index in [1.807, 2.05) is 30.3 Å². The molecule has 0 spiro atoms.